The van der Waals surface area contributed by atoms with Crippen molar-refractivity contribution < 1.29 is 4.74 Å². The maximum absolute atomic E-state index is 5.60. The molecule has 0 saturated carbocycles. The molecule has 3 nitrogen and oxygen atoms in total. The molecule has 92 valence electrons. The average molecular weight is 245 g/mol. The van der Waals surface area contributed by atoms with Crippen LogP contribution in [0.5, 0.6) is 5.75 Å². The van der Waals surface area contributed by atoms with Crippen LogP contribution in [0, 0.1) is 0 Å². The molecule has 0 radical (unpaired) electrons. The molecule has 0 aliphatic heterocycles. The Morgan fingerprint density at radius 2 is 1.69 bits per heavy atom. The summed E-state index contributed by atoms with van der Waals surface area (Å²) in [5, 5.41) is 0. The van der Waals surface area contributed by atoms with Crippen LogP contribution in [0.4, 0.5) is 5.69 Å². The van der Waals surface area contributed by atoms with E-state index in [9.17, 15) is 0 Å². The Morgan fingerprint density at radius 3 is 2.19 bits per heavy atom. The first kappa shape index (κ1) is 15.1. The van der Waals surface area contributed by atoms with Gasteiger partial charge >= 0.3 is 0 Å². The van der Waals surface area contributed by atoms with Gasteiger partial charge in [0.15, 0.2) is 0 Å². The molecule has 0 aromatic heterocycles. The quantitative estimate of drug-likeness (QED) is 0.781. The molecule has 1 aromatic rings. The van der Waals surface area contributed by atoms with E-state index in [-0.39, 0.29) is 12.4 Å². The number of likely N-dealkylation sites (N-methyl/N-ethyl adjacent to an activating group) is 1. The summed E-state index contributed by atoms with van der Waals surface area (Å²) in [7, 11) is 0. The molecule has 0 saturated heterocycles. The highest BCUT2D eigenvalue weighted by Gasteiger charge is 1.99. The van der Waals surface area contributed by atoms with E-state index < -0.39 is 0 Å². The highest BCUT2D eigenvalue weighted by Crippen LogP contribution is 2.12. The van der Waals surface area contributed by atoms with Crippen molar-refractivity contribution in [3.63, 3.8) is 0 Å². The lowest BCUT2D eigenvalue weighted by Gasteiger charge is -2.17. The van der Waals surface area contributed by atoms with Crippen molar-refractivity contribution in [1.29, 1.82) is 0 Å². The number of nitrogens with zero attached hydrogens (tertiary/aromatic N) is 1. The number of halogens is 1. The minimum atomic E-state index is 0. The van der Waals surface area contributed by atoms with Crippen LogP contribution in [0.2, 0.25) is 0 Å². The zero-order valence-electron chi connectivity index (χ0n) is 9.98. The number of nitrogens with two attached hydrogens (primary N) is 1. The first-order valence-corrected chi connectivity index (χ1v) is 5.47. The normalized spacial score (nSPS) is 9.94. The molecule has 0 spiro atoms. The van der Waals surface area contributed by atoms with Crippen molar-refractivity contribution in [2.75, 3.05) is 32.0 Å². The largest absolute Gasteiger partial charge is 0.492 e. The van der Waals surface area contributed by atoms with E-state index in [0.717, 1.165) is 37.7 Å². The monoisotopic (exact) mass is 244 g/mol. The molecule has 2 N–H and O–H groups in total. The van der Waals surface area contributed by atoms with Crippen LogP contribution in [0.25, 0.3) is 0 Å². The number of nitrogen functional groups attached to an aromatic ring is 1. The average Bonchev–Trinajstić information content (AvgIpc) is 2.27. The van der Waals surface area contributed by atoms with Gasteiger partial charge in [0.05, 0.1) is 0 Å². The van der Waals surface area contributed by atoms with Gasteiger partial charge in [-0.25, -0.2) is 0 Å². The number of anilines is 1. The number of ether oxygens (including phenoxy) is 1. The minimum Gasteiger partial charge on any atom is -0.492 e. The molecule has 0 amide bonds. The molecular formula is C12H21ClN2O. The standard InChI is InChI=1S/C12H20N2O.ClH/c1-3-14(4-2)9-10-15-12-7-5-11(13)6-8-12;/h5-8H,3-4,9-10,13H2,1-2H3;1H. The maximum atomic E-state index is 5.60. The molecule has 0 fully saturated rings. The molecule has 0 aliphatic carbocycles. The first-order chi connectivity index (χ1) is 7.26. The van der Waals surface area contributed by atoms with E-state index in [1.807, 2.05) is 24.3 Å². The Hall–Kier alpha value is -0.930. The number of benzene rings is 1. The molecule has 0 aliphatic rings. The van der Waals surface area contributed by atoms with Crippen LogP contribution in [-0.2, 0) is 0 Å². The van der Waals surface area contributed by atoms with E-state index >= 15 is 0 Å². The van der Waals surface area contributed by atoms with Gasteiger partial charge in [0.2, 0.25) is 0 Å². The maximum Gasteiger partial charge on any atom is 0.119 e. The van der Waals surface area contributed by atoms with Gasteiger partial charge in [-0.15, -0.1) is 12.4 Å². The van der Waals surface area contributed by atoms with E-state index in [4.69, 9.17) is 10.5 Å². The zero-order valence-corrected chi connectivity index (χ0v) is 10.8. The smallest absolute Gasteiger partial charge is 0.119 e. The van der Waals surface area contributed by atoms with E-state index in [1.165, 1.54) is 0 Å². The van der Waals surface area contributed by atoms with E-state index in [1.54, 1.807) is 0 Å². The fourth-order valence-electron chi connectivity index (χ4n) is 1.40. The van der Waals surface area contributed by atoms with Gasteiger partial charge in [-0.3, -0.25) is 0 Å². The van der Waals surface area contributed by atoms with Crippen molar-refractivity contribution in [2.24, 2.45) is 0 Å². The lowest BCUT2D eigenvalue weighted by molar-refractivity contribution is 0.223. The topological polar surface area (TPSA) is 38.5 Å². The third-order valence-electron chi connectivity index (χ3n) is 2.45. The summed E-state index contributed by atoms with van der Waals surface area (Å²) in [5.41, 5.74) is 6.35. The predicted octanol–water partition coefficient (Wildman–Crippen LogP) is 2.41. The summed E-state index contributed by atoms with van der Waals surface area (Å²) >= 11 is 0. The summed E-state index contributed by atoms with van der Waals surface area (Å²) < 4.78 is 5.60. The second-order valence-corrected chi connectivity index (χ2v) is 3.44. The lowest BCUT2D eigenvalue weighted by Crippen LogP contribution is -2.27. The summed E-state index contributed by atoms with van der Waals surface area (Å²) in [6, 6.07) is 7.51. The van der Waals surface area contributed by atoms with Crippen LogP contribution in [0.3, 0.4) is 0 Å². The summed E-state index contributed by atoms with van der Waals surface area (Å²) in [6.45, 7) is 8.16. The highest BCUT2D eigenvalue weighted by molar-refractivity contribution is 5.85. The van der Waals surface area contributed by atoms with Crippen molar-refractivity contribution in [2.45, 2.75) is 13.8 Å². The molecule has 4 heteroatoms. The Kier molecular flexibility index (Phi) is 7.77. The predicted molar refractivity (Wildman–Crippen MR) is 71.4 cm³/mol. The Labute approximate surface area is 104 Å². The third-order valence-corrected chi connectivity index (χ3v) is 2.45. The minimum absolute atomic E-state index is 0. The molecule has 16 heavy (non-hydrogen) atoms. The molecule has 0 unspecified atom stereocenters. The van der Waals surface area contributed by atoms with E-state index in [0.29, 0.717) is 0 Å². The highest BCUT2D eigenvalue weighted by atomic mass is 35.5. The lowest BCUT2D eigenvalue weighted by atomic mass is 10.3. The Morgan fingerprint density at radius 1 is 1.12 bits per heavy atom. The van der Waals surface area contributed by atoms with Crippen molar-refractivity contribution in [3.8, 4) is 5.75 Å². The zero-order chi connectivity index (χ0) is 11.1. The SMILES string of the molecule is CCN(CC)CCOc1ccc(N)cc1.Cl. The van der Waals surface area contributed by atoms with Crippen LogP contribution < -0.4 is 10.5 Å². The fraction of sp³-hybridized carbons (Fsp3) is 0.500. The Bertz CT molecular complexity index is 273. The molecule has 0 bridgehead atoms. The number of hydrogen-bond acceptors (Lipinski definition) is 3. The van der Waals surface area contributed by atoms with Gasteiger partial charge in [-0.05, 0) is 37.4 Å². The molecule has 1 rings (SSSR count). The third kappa shape index (κ3) is 5.24. The summed E-state index contributed by atoms with van der Waals surface area (Å²) in [4.78, 5) is 2.33. The van der Waals surface area contributed by atoms with Crippen molar-refractivity contribution in [3.05, 3.63) is 24.3 Å². The first-order valence-electron chi connectivity index (χ1n) is 5.47. The van der Waals surface area contributed by atoms with Gasteiger partial charge in [-0.2, -0.15) is 0 Å². The van der Waals surface area contributed by atoms with Crippen LogP contribution in [-0.4, -0.2) is 31.1 Å². The number of rotatable bonds is 6. The van der Waals surface area contributed by atoms with E-state index in [2.05, 4.69) is 18.7 Å². The molecule has 1 aromatic carbocycles. The van der Waals surface area contributed by atoms with Crippen LogP contribution in [0.1, 0.15) is 13.8 Å². The molecular weight excluding hydrogens is 224 g/mol. The summed E-state index contributed by atoms with van der Waals surface area (Å²) in [6.07, 6.45) is 0. The summed E-state index contributed by atoms with van der Waals surface area (Å²) in [5.74, 6) is 0.886. The fourth-order valence-corrected chi connectivity index (χ4v) is 1.40. The second-order valence-electron chi connectivity index (χ2n) is 3.44. The molecule has 0 atom stereocenters. The Balaban J connectivity index is 0.00000225. The van der Waals surface area contributed by atoms with Gasteiger partial charge in [0, 0.05) is 12.2 Å². The van der Waals surface area contributed by atoms with Gasteiger partial charge in [0.25, 0.3) is 0 Å². The second kappa shape index (κ2) is 8.25. The van der Waals surface area contributed by atoms with Gasteiger partial charge in [0.1, 0.15) is 12.4 Å². The van der Waals surface area contributed by atoms with Gasteiger partial charge in [-0.1, -0.05) is 13.8 Å². The molecule has 0 heterocycles. The van der Waals surface area contributed by atoms with Crippen molar-refractivity contribution in [1.82, 2.24) is 4.90 Å². The van der Waals surface area contributed by atoms with Crippen LogP contribution >= 0.6 is 12.4 Å². The van der Waals surface area contributed by atoms with Crippen molar-refractivity contribution >= 4 is 18.1 Å². The number of hydrogen-bond donors (Lipinski definition) is 1. The van der Waals surface area contributed by atoms with Crippen LogP contribution in [0.15, 0.2) is 24.3 Å². The van der Waals surface area contributed by atoms with Gasteiger partial charge < -0.3 is 15.4 Å².